The molecule has 0 aromatic carbocycles. The molecule has 0 amide bonds. The molecule has 0 radical (unpaired) electrons. The van der Waals surface area contributed by atoms with E-state index in [2.05, 4.69) is 25.3 Å². The van der Waals surface area contributed by atoms with E-state index in [9.17, 15) is 0 Å². The van der Waals surface area contributed by atoms with E-state index in [1.807, 2.05) is 12.2 Å². The van der Waals surface area contributed by atoms with E-state index in [4.69, 9.17) is 0 Å². The summed E-state index contributed by atoms with van der Waals surface area (Å²) < 4.78 is 0. The second-order valence-corrected chi connectivity index (χ2v) is 3.15. The van der Waals surface area contributed by atoms with Gasteiger partial charge in [-0.25, -0.2) is 0 Å². The number of hydrogen-bond donors (Lipinski definition) is 0. The second kappa shape index (κ2) is 4.17. The zero-order chi connectivity index (χ0) is 8.10. The van der Waals surface area contributed by atoms with Gasteiger partial charge in [-0.05, 0) is 31.1 Å². The molecule has 2 unspecified atom stereocenters. The first-order valence-electron chi connectivity index (χ1n) is 4.28. The second-order valence-electron chi connectivity index (χ2n) is 3.15. The minimum atomic E-state index is 0.621. The third-order valence-corrected chi connectivity index (χ3v) is 2.27. The van der Waals surface area contributed by atoms with E-state index in [0.717, 1.165) is 12.3 Å². The molecular formula is C11H16. The molecule has 0 aromatic rings. The number of hydrogen-bond acceptors (Lipinski definition) is 0. The summed E-state index contributed by atoms with van der Waals surface area (Å²) in [5, 5.41) is 0. The Morgan fingerprint density at radius 2 is 2.09 bits per heavy atom. The summed E-state index contributed by atoms with van der Waals surface area (Å²) in [5.41, 5.74) is 0. The van der Waals surface area contributed by atoms with Crippen molar-refractivity contribution in [3.63, 3.8) is 0 Å². The molecule has 0 N–H and O–H groups in total. The lowest BCUT2D eigenvalue weighted by atomic mass is 9.87. The zero-order valence-corrected chi connectivity index (χ0v) is 7.00. The quantitative estimate of drug-likeness (QED) is 0.538. The van der Waals surface area contributed by atoms with Crippen molar-refractivity contribution in [2.24, 2.45) is 11.8 Å². The molecule has 0 heteroatoms. The van der Waals surface area contributed by atoms with E-state index in [1.54, 1.807) is 0 Å². The van der Waals surface area contributed by atoms with E-state index in [-0.39, 0.29) is 0 Å². The Morgan fingerprint density at radius 1 is 1.27 bits per heavy atom. The standard InChI is InChI=1S/C11H16/c1-3-5-11-8-6-10(4-2)7-9-11/h3-4,6,8,10-11H,1-2,5,7,9H2. The lowest BCUT2D eigenvalue weighted by Gasteiger charge is -2.18. The molecule has 0 aliphatic heterocycles. The van der Waals surface area contributed by atoms with Crippen molar-refractivity contribution in [2.75, 3.05) is 0 Å². The van der Waals surface area contributed by atoms with Gasteiger partial charge in [0.25, 0.3) is 0 Å². The Labute approximate surface area is 69.3 Å². The highest BCUT2D eigenvalue weighted by molar-refractivity contribution is 5.04. The van der Waals surface area contributed by atoms with Crippen LogP contribution in [0.25, 0.3) is 0 Å². The molecule has 0 bridgehead atoms. The summed E-state index contributed by atoms with van der Waals surface area (Å²) in [4.78, 5) is 0. The first-order chi connectivity index (χ1) is 5.36. The fraction of sp³-hybridized carbons (Fsp3) is 0.455. The van der Waals surface area contributed by atoms with Gasteiger partial charge in [-0.1, -0.05) is 24.3 Å². The van der Waals surface area contributed by atoms with Crippen LogP contribution >= 0.6 is 0 Å². The van der Waals surface area contributed by atoms with Crippen molar-refractivity contribution in [1.29, 1.82) is 0 Å². The smallest absolute Gasteiger partial charge is 0.00559 e. The van der Waals surface area contributed by atoms with Crippen LogP contribution in [0.2, 0.25) is 0 Å². The van der Waals surface area contributed by atoms with E-state index in [1.165, 1.54) is 12.8 Å². The number of allylic oxidation sites excluding steroid dienone is 4. The van der Waals surface area contributed by atoms with Crippen molar-refractivity contribution >= 4 is 0 Å². The van der Waals surface area contributed by atoms with Crippen LogP contribution in [-0.2, 0) is 0 Å². The zero-order valence-electron chi connectivity index (χ0n) is 7.00. The predicted molar refractivity (Wildman–Crippen MR) is 50.4 cm³/mol. The third kappa shape index (κ3) is 2.38. The molecular weight excluding hydrogens is 132 g/mol. The van der Waals surface area contributed by atoms with Crippen molar-refractivity contribution in [2.45, 2.75) is 19.3 Å². The molecule has 0 nitrogen and oxygen atoms in total. The van der Waals surface area contributed by atoms with Gasteiger partial charge in [0.05, 0.1) is 0 Å². The van der Waals surface area contributed by atoms with Gasteiger partial charge in [0, 0.05) is 0 Å². The minimum Gasteiger partial charge on any atom is -0.103 e. The van der Waals surface area contributed by atoms with Crippen LogP contribution in [0.3, 0.4) is 0 Å². The van der Waals surface area contributed by atoms with Crippen LogP contribution in [0.4, 0.5) is 0 Å². The van der Waals surface area contributed by atoms with Crippen LogP contribution in [0.1, 0.15) is 19.3 Å². The molecule has 0 saturated carbocycles. The Morgan fingerprint density at radius 3 is 2.55 bits per heavy atom. The molecule has 1 aliphatic rings. The Kier molecular flexibility index (Phi) is 3.15. The van der Waals surface area contributed by atoms with Crippen LogP contribution in [0.15, 0.2) is 37.5 Å². The van der Waals surface area contributed by atoms with E-state index < -0.39 is 0 Å². The van der Waals surface area contributed by atoms with Gasteiger partial charge in [0.15, 0.2) is 0 Å². The minimum absolute atomic E-state index is 0.621. The normalized spacial score (nSPS) is 29.8. The maximum absolute atomic E-state index is 3.78. The monoisotopic (exact) mass is 148 g/mol. The van der Waals surface area contributed by atoms with Crippen LogP contribution in [0, 0.1) is 11.8 Å². The summed E-state index contributed by atoms with van der Waals surface area (Å²) in [6.07, 6.45) is 12.3. The Balaban J connectivity index is 2.41. The molecule has 0 spiro atoms. The molecule has 60 valence electrons. The highest BCUT2D eigenvalue weighted by Crippen LogP contribution is 2.24. The fourth-order valence-corrected chi connectivity index (χ4v) is 1.51. The molecule has 11 heavy (non-hydrogen) atoms. The van der Waals surface area contributed by atoms with Crippen molar-refractivity contribution < 1.29 is 0 Å². The van der Waals surface area contributed by atoms with Gasteiger partial charge >= 0.3 is 0 Å². The predicted octanol–water partition coefficient (Wildman–Crippen LogP) is 3.33. The lowest BCUT2D eigenvalue weighted by molar-refractivity contribution is 0.503. The SMILES string of the molecule is C=CCC1C=CC(C=C)CC1. The Bertz CT molecular complexity index is 165. The third-order valence-electron chi connectivity index (χ3n) is 2.27. The molecule has 0 fully saturated rings. The van der Waals surface area contributed by atoms with Crippen molar-refractivity contribution in [3.8, 4) is 0 Å². The van der Waals surface area contributed by atoms with Crippen LogP contribution in [-0.4, -0.2) is 0 Å². The molecule has 0 heterocycles. The van der Waals surface area contributed by atoms with Gasteiger partial charge < -0.3 is 0 Å². The van der Waals surface area contributed by atoms with Gasteiger partial charge in [0.2, 0.25) is 0 Å². The summed E-state index contributed by atoms with van der Waals surface area (Å²) in [6, 6.07) is 0. The highest BCUT2D eigenvalue weighted by atomic mass is 14.2. The topological polar surface area (TPSA) is 0 Å². The average Bonchev–Trinajstić information content (AvgIpc) is 2.07. The van der Waals surface area contributed by atoms with Crippen LogP contribution < -0.4 is 0 Å². The van der Waals surface area contributed by atoms with Crippen LogP contribution in [0.5, 0.6) is 0 Å². The molecule has 1 rings (SSSR count). The first kappa shape index (κ1) is 8.32. The lowest BCUT2D eigenvalue weighted by Crippen LogP contribution is -2.05. The summed E-state index contributed by atoms with van der Waals surface area (Å²) in [6.45, 7) is 7.52. The van der Waals surface area contributed by atoms with E-state index >= 15 is 0 Å². The van der Waals surface area contributed by atoms with Gasteiger partial charge in [0.1, 0.15) is 0 Å². The van der Waals surface area contributed by atoms with Crippen molar-refractivity contribution in [3.05, 3.63) is 37.5 Å². The molecule has 0 saturated heterocycles. The maximum atomic E-state index is 3.78. The van der Waals surface area contributed by atoms with Gasteiger partial charge in [-0.3, -0.25) is 0 Å². The highest BCUT2D eigenvalue weighted by Gasteiger charge is 2.11. The average molecular weight is 148 g/mol. The van der Waals surface area contributed by atoms with Gasteiger partial charge in [-0.2, -0.15) is 0 Å². The summed E-state index contributed by atoms with van der Waals surface area (Å²) in [7, 11) is 0. The largest absolute Gasteiger partial charge is 0.103 e. The summed E-state index contributed by atoms with van der Waals surface area (Å²) in [5.74, 6) is 1.36. The maximum Gasteiger partial charge on any atom is -0.00559 e. The Hall–Kier alpha value is -0.780. The van der Waals surface area contributed by atoms with Crippen molar-refractivity contribution in [1.82, 2.24) is 0 Å². The van der Waals surface area contributed by atoms with Gasteiger partial charge in [-0.15, -0.1) is 13.2 Å². The molecule has 2 atom stereocenters. The molecule has 1 aliphatic carbocycles. The van der Waals surface area contributed by atoms with E-state index in [0.29, 0.717) is 5.92 Å². The fourth-order valence-electron chi connectivity index (χ4n) is 1.51. The first-order valence-corrected chi connectivity index (χ1v) is 4.28. The summed E-state index contributed by atoms with van der Waals surface area (Å²) >= 11 is 0. The molecule has 0 aromatic heterocycles. The number of rotatable bonds is 3.